The van der Waals surface area contributed by atoms with Gasteiger partial charge in [-0.3, -0.25) is 4.79 Å². The van der Waals surface area contributed by atoms with Crippen LogP contribution < -0.4 is 10.6 Å². The maximum absolute atomic E-state index is 11.5. The van der Waals surface area contributed by atoms with Crippen LogP contribution in [0.1, 0.15) is 31.0 Å². The van der Waals surface area contributed by atoms with Gasteiger partial charge in [0.25, 0.3) is 0 Å². The first-order valence-corrected chi connectivity index (χ1v) is 6.91. The Bertz CT molecular complexity index is 351. The quantitative estimate of drug-likeness (QED) is 0.776. The highest BCUT2D eigenvalue weighted by molar-refractivity contribution is 7.09. The van der Waals surface area contributed by atoms with Crippen LogP contribution in [-0.4, -0.2) is 30.0 Å². The molecule has 1 heterocycles. The molecule has 0 saturated carbocycles. The van der Waals surface area contributed by atoms with Crippen molar-refractivity contribution >= 4 is 17.2 Å². The molecule has 0 aromatic carbocycles. The summed E-state index contributed by atoms with van der Waals surface area (Å²) in [6, 6.07) is 0.391. The molecule has 1 amide bonds. The largest absolute Gasteiger partial charge is 0.355 e. The molecule has 0 spiro atoms. The molecule has 17 heavy (non-hydrogen) atoms. The maximum atomic E-state index is 11.5. The maximum Gasteiger partial charge on any atom is 0.233 e. The van der Waals surface area contributed by atoms with Crippen LogP contribution in [0.25, 0.3) is 0 Å². The standard InChI is InChI=1S/C12H21N3OS/c1-4-9(2)14-7-12(16)13-6-5-11-8-17-10(3)15-11/h8-9,14H,4-7H2,1-3H3,(H,13,16). The smallest absolute Gasteiger partial charge is 0.233 e. The number of carbonyl (C=O) groups excluding carboxylic acids is 1. The molecular weight excluding hydrogens is 234 g/mol. The Morgan fingerprint density at radius 3 is 2.94 bits per heavy atom. The molecule has 0 aliphatic rings. The van der Waals surface area contributed by atoms with Gasteiger partial charge in [-0.05, 0) is 20.3 Å². The van der Waals surface area contributed by atoms with Gasteiger partial charge in [0.15, 0.2) is 0 Å². The van der Waals surface area contributed by atoms with Crippen LogP contribution in [-0.2, 0) is 11.2 Å². The van der Waals surface area contributed by atoms with E-state index in [4.69, 9.17) is 0 Å². The van der Waals surface area contributed by atoms with Crippen molar-refractivity contribution in [3.63, 3.8) is 0 Å². The normalized spacial score (nSPS) is 12.4. The zero-order chi connectivity index (χ0) is 12.7. The number of aryl methyl sites for hydroxylation is 1. The molecule has 4 nitrogen and oxygen atoms in total. The van der Waals surface area contributed by atoms with Crippen molar-refractivity contribution < 1.29 is 4.79 Å². The SMILES string of the molecule is CCC(C)NCC(=O)NCCc1csc(C)n1. The van der Waals surface area contributed by atoms with E-state index in [1.165, 1.54) is 0 Å². The average molecular weight is 255 g/mol. The molecule has 1 atom stereocenters. The van der Waals surface area contributed by atoms with Gasteiger partial charge in [0.2, 0.25) is 5.91 Å². The molecule has 0 bridgehead atoms. The summed E-state index contributed by atoms with van der Waals surface area (Å²) < 4.78 is 0. The van der Waals surface area contributed by atoms with Crippen LogP contribution in [0.5, 0.6) is 0 Å². The second kappa shape index (κ2) is 7.40. The third-order valence-electron chi connectivity index (χ3n) is 2.59. The van der Waals surface area contributed by atoms with Gasteiger partial charge < -0.3 is 10.6 Å². The summed E-state index contributed by atoms with van der Waals surface area (Å²) in [5, 5.41) is 9.16. The number of thiazole rings is 1. The minimum atomic E-state index is 0.0530. The van der Waals surface area contributed by atoms with E-state index in [1.54, 1.807) is 11.3 Å². The highest BCUT2D eigenvalue weighted by Gasteiger charge is 2.04. The third-order valence-corrected chi connectivity index (χ3v) is 3.42. The second-order valence-corrected chi connectivity index (χ2v) is 5.21. The third kappa shape index (κ3) is 5.79. The first-order chi connectivity index (χ1) is 8.11. The lowest BCUT2D eigenvalue weighted by atomic mass is 10.2. The molecule has 2 N–H and O–H groups in total. The molecule has 1 aromatic rings. The zero-order valence-corrected chi connectivity index (χ0v) is 11.6. The van der Waals surface area contributed by atoms with Crippen LogP contribution in [0, 0.1) is 6.92 Å². The number of aromatic nitrogens is 1. The van der Waals surface area contributed by atoms with Crippen molar-refractivity contribution in [2.75, 3.05) is 13.1 Å². The summed E-state index contributed by atoms with van der Waals surface area (Å²) in [5.74, 6) is 0.0530. The van der Waals surface area contributed by atoms with Gasteiger partial charge in [-0.2, -0.15) is 0 Å². The van der Waals surface area contributed by atoms with Crippen LogP contribution in [0.2, 0.25) is 0 Å². The predicted molar refractivity (Wildman–Crippen MR) is 71.3 cm³/mol. The van der Waals surface area contributed by atoms with Crippen LogP contribution in [0.3, 0.4) is 0 Å². The van der Waals surface area contributed by atoms with Gasteiger partial charge in [0, 0.05) is 24.4 Å². The van der Waals surface area contributed by atoms with E-state index in [0.29, 0.717) is 19.1 Å². The Balaban J connectivity index is 2.12. The lowest BCUT2D eigenvalue weighted by molar-refractivity contribution is -0.120. The van der Waals surface area contributed by atoms with Gasteiger partial charge in [-0.25, -0.2) is 4.98 Å². The van der Waals surface area contributed by atoms with Crippen molar-refractivity contribution in [3.05, 3.63) is 16.1 Å². The molecule has 5 heteroatoms. The molecule has 1 aromatic heterocycles. The van der Waals surface area contributed by atoms with E-state index in [-0.39, 0.29) is 5.91 Å². The number of carbonyl (C=O) groups is 1. The number of amides is 1. The number of hydrogen-bond donors (Lipinski definition) is 2. The number of hydrogen-bond acceptors (Lipinski definition) is 4. The number of nitrogens with one attached hydrogen (secondary N) is 2. The Hall–Kier alpha value is -0.940. The van der Waals surface area contributed by atoms with Crippen LogP contribution in [0.15, 0.2) is 5.38 Å². The van der Waals surface area contributed by atoms with Gasteiger partial charge in [-0.15, -0.1) is 11.3 Å². The van der Waals surface area contributed by atoms with Crippen LogP contribution in [0.4, 0.5) is 0 Å². The molecule has 0 fully saturated rings. The lowest BCUT2D eigenvalue weighted by Crippen LogP contribution is -2.38. The second-order valence-electron chi connectivity index (χ2n) is 4.15. The van der Waals surface area contributed by atoms with Crippen molar-refractivity contribution in [1.29, 1.82) is 0 Å². The van der Waals surface area contributed by atoms with Crippen molar-refractivity contribution in [2.45, 2.75) is 39.7 Å². The minimum absolute atomic E-state index is 0.0530. The summed E-state index contributed by atoms with van der Waals surface area (Å²) in [6.45, 7) is 7.21. The monoisotopic (exact) mass is 255 g/mol. The van der Waals surface area contributed by atoms with E-state index in [2.05, 4.69) is 29.5 Å². The van der Waals surface area contributed by atoms with Gasteiger partial charge in [-0.1, -0.05) is 6.92 Å². The molecule has 0 aliphatic carbocycles. The van der Waals surface area contributed by atoms with Crippen molar-refractivity contribution in [3.8, 4) is 0 Å². The predicted octanol–water partition coefficient (Wildman–Crippen LogP) is 1.50. The highest BCUT2D eigenvalue weighted by Crippen LogP contribution is 2.07. The molecule has 1 rings (SSSR count). The lowest BCUT2D eigenvalue weighted by Gasteiger charge is -2.10. The Morgan fingerprint density at radius 2 is 2.35 bits per heavy atom. The molecule has 0 aliphatic heterocycles. The van der Waals surface area contributed by atoms with Crippen LogP contribution >= 0.6 is 11.3 Å². The first kappa shape index (κ1) is 14.1. The fourth-order valence-corrected chi connectivity index (χ4v) is 1.97. The number of rotatable bonds is 7. The van der Waals surface area contributed by atoms with Crippen molar-refractivity contribution in [2.24, 2.45) is 0 Å². The Kier molecular flexibility index (Phi) is 6.15. The Labute approximate surface area is 107 Å². The average Bonchev–Trinajstić information content (AvgIpc) is 2.72. The van der Waals surface area contributed by atoms with Gasteiger partial charge >= 0.3 is 0 Å². The summed E-state index contributed by atoms with van der Waals surface area (Å²) in [4.78, 5) is 15.8. The van der Waals surface area contributed by atoms with E-state index in [9.17, 15) is 4.79 Å². The van der Waals surface area contributed by atoms with Gasteiger partial charge in [0.05, 0.1) is 17.2 Å². The Morgan fingerprint density at radius 1 is 1.59 bits per heavy atom. The number of nitrogens with zero attached hydrogens (tertiary/aromatic N) is 1. The summed E-state index contributed by atoms with van der Waals surface area (Å²) in [7, 11) is 0. The fraction of sp³-hybridized carbons (Fsp3) is 0.667. The van der Waals surface area contributed by atoms with E-state index < -0.39 is 0 Å². The minimum Gasteiger partial charge on any atom is -0.355 e. The zero-order valence-electron chi connectivity index (χ0n) is 10.7. The van der Waals surface area contributed by atoms with E-state index in [1.807, 2.05) is 12.3 Å². The molecular formula is C12H21N3OS. The van der Waals surface area contributed by atoms with Gasteiger partial charge in [0.1, 0.15) is 0 Å². The van der Waals surface area contributed by atoms with E-state index >= 15 is 0 Å². The van der Waals surface area contributed by atoms with Crippen molar-refractivity contribution in [1.82, 2.24) is 15.6 Å². The summed E-state index contributed by atoms with van der Waals surface area (Å²) in [6.07, 6.45) is 1.84. The molecule has 0 saturated heterocycles. The fourth-order valence-electron chi connectivity index (χ4n) is 1.33. The van der Waals surface area contributed by atoms with E-state index in [0.717, 1.165) is 23.5 Å². The molecule has 96 valence electrons. The first-order valence-electron chi connectivity index (χ1n) is 6.03. The molecule has 0 radical (unpaired) electrons. The molecule has 1 unspecified atom stereocenters. The highest BCUT2D eigenvalue weighted by atomic mass is 32.1. The summed E-state index contributed by atoms with van der Waals surface area (Å²) >= 11 is 1.64. The summed E-state index contributed by atoms with van der Waals surface area (Å²) in [5.41, 5.74) is 1.06. The topological polar surface area (TPSA) is 54.0 Å².